The Morgan fingerprint density at radius 2 is 1.41 bits per heavy atom. The first-order chi connectivity index (χ1) is 8.39. The summed E-state index contributed by atoms with van der Waals surface area (Å²) in [5, 5.41) is 0. The first-order valence-corrected chi connectivity index (χ1v) is 6.88. The molecule has 0 radical (unpaired) electrons. The minimum absolute atomic E-state index is 0.187. The Morgan fingerprint density at radius 3 is 2.29 bits per heavy atom. The fraction of sp³-hybridized carbons (Fsp3) is 0.667. The molecule has 2 heteroatoms. The molecule has 0 amide bonds. The second kappa shape index (κ2) is 10.1. The van der Waals surface area contributed by atoms with Crippen molar-refractivity contribution in [3.05, 3.63) is 24.3 Å². The highest BCUT2D eigenvalue weighted by atomic mass is 16.5. The summed E-state index contributed by atoms with van der Waals surface area (Å²) < 4.78 is 5.10. The average Bonchev–Trinajstić information content (AvgIpc) is 2.32. The average molecular weight is 236 g/mol. The van der Waals surface area contributed by atoms with Crippen molar-refractivity contribution in [2.24, 2.45) is 0 Å². The lowest BCUT2D eigenvalue weighted by atomic mass is 10.1. The fourth-order valence-corrected chi connectivity index (χ4v) is 1.88. The molecule has 0 aromatic carbocycles. The van der Waals surface area contributed by atoms with E-state index in [1.165, 1.54) is 32.1 Å². The maximum absolute atomic E-state index is 11.3. The lowest BCUT2D eigenvalue weighted by molar-refractivity contribution is -0.137. The van der Waals surface area contributed by atoms with Gasteiger partial charge in [-0.05, 0) is 38.5 Å². The summed E-state index contributed by atoms with van der Waals surface area (Å²) in [5.74, 6) is -0.187. The van der Waals surface area contributed by atoms with E-state index in [1.54, 1.807) is 6.08 Å². The van der Waals surface area contributed by atoms with Crippen molar-refractivity contribution in [2.45, 2.75) is 57.8 Å². The topological polar surface area (TPSA) is 26.3 Å². The van der Waals surface area contributed by atoms with Gasteiger partial charge in [0.1, 0.15) is 0 Å². The molecule has 0 atom stereocenters. The molecule has 0 saturated carbocycles. The van der Waals surface area contributed by atoms with Gasteiger partial charge in [-0.25, -0.2) is 4.79 Å². The third kappa shape index (κ3) is 8.73. The van der Waals surface area contributed by atoms with Gasteiger partial charge in [-0.1, -0.05) is 37.5 Å². The van der Waals surface area contributed by atoms with Crippen molar-refractivity contribution in [1.82, 2.24) is 0 Å². The summed E-state index contributed by atoms with van der Waals surface area (Å²) in [6.45, 7) is 0.572. The molecule has 96 valence electrons. The maximum atomic E-state index is 11.3. The van der Waals surface area contributed by atoms with Gasteiger partial charge >= 0.3 is 5.97 Å². The molecule has 0 unspecified atom stereocenters. The summed E-state index contributed by atoms with van der Waals surface area (Å²) in [6, 6.07) is 0. The molecule has 1 aliphatic rings. The van der Waals surface area contributed by atoms with Crippen molar-refractivity contribution >= 4 is 5.97 Å². The number of allylic oxidation sites excluding steroid dienone is 3. The molecule has 0 saturated heterocycles. The van der Waals surface area contributed by atoms with Gasteiger partial charge in [-0.15, -0.1) is 0 Å². The molecule has 0 aliphatic carbocycles. The molecule has 0 N–H and O–H groups in total. The predicted molar refractivity (Wildman–Crippen MR) is 70.8 cm³/mol. The minimum Gasteiger partial charge on any atom is -0.463 e. The Labute approximate surface area is 105 Å². The predicted octanol–water partition coefficient (Wildman–Crippen LogP) is 4.17. The third-order valence-electron chi connectivity index (χ3n) is 2.92. The zero-order chi connectivity index (χ0) is 12.2. The van der Waals surface area contributed by atoms with Crippen LogP contribution in [-0.2, 0) is 9.53 Å². The van der Waals surface area contributed by atoms with Crippen molar-refractivity contribution in [3.8, 4) is 0 Å². The molecule has 2 nitrogen and oxygen atoms in total. The Balaban J connectivity index is 2.26. The van der Waals surface area contributed by atoms with Crippen LogP contribution in [0.2, 0.25) is 0 Å². The largest absolute Gasteiger partial charge is 0.463 e. The van der Waals surface area contributed by atoms with E-state index < -0.39 is 0 Å². The monoisotopic (exact) mass is 236 g/mol. The number of hydrogen-bond acceptors (Lipinski definition) is 2. The minimum atomic E-state index is -0.187. The molecule has 0 fully saturated rings. The zero-order valence-electron chi connectivity index (χ0n) is 10.7. The smallest absolute Gasteiger partial charge is 0.330 e. The second-order valence-electron chi connectivity index (χ2n) is 4.53. The summed E-state index contributed by atoms with van der Waals surface area (Å²) in [7, 11) is 0. The summed E-state index contributed by atoms with van der Waals surface area (Å²) in [6.07, 6.45) is 18.4. The molecule has 0 bridgehead atoms. The van der Waals surface area contributed by atoms with Crippen LogP contribution in [0.5, 0.6) is 0 Å². The fourth-order valence-electron chi connectivity index (χ4n) is 1.88. The lowest BCUT2D eigenvalue weighted by Gasteiger charge is -2.02. The van der Waals surface area contributed by atoms with E-state index in [2.05, 4.69) is 12.2 Å². The van der Waals surface area contributed by atoms with Crippen molar-refractivity contribution in [3.63, 3.8) is 0 Å². The van der Waals surface area contributed by atoms with Crippen LogP contribution in [0.1, 0.15) is 57.8 Å². The van der Waals surface area contributed by atoms with E-state index in [-0.39, 0.29) is 5.97 Å². The van der Waals surface area contributed by atoms with Gasteiger partial charge in [0, 0.05) is 6.08 Å². The van der Waals surface area contributed by atoms with Crippen LogP contribution in [0.4, 0.5) is 0 Å². The van der Waals surface area contributed by atoms with Gasteiger partial charge in [0.25, 0.3) is 0 Å². The SMILES string of the molecule is O=C1C=CCCCC=CCCCCCCCO1. The number of ether oxygens (including phenoxy) is 1. The van der Waals surface area contributed by atoms with E-state index in [0.717, 1.165) is 25.7 Å². The normalized spacial score (nSPS) is 21.1. The number of rotatable bonds is 0. The molecular weight excluding hydrogens is 212 g/mol. The van der Waals surface area contributed by atoms with Crippen LogP contribution < -0.4 is 0 Å². The van der Waals surface area contributed by atoms with Crippen LogP contribution >= 0.6 is 0 Å². The number of hydrogen-bond donors (Lipinski definition) is 0. The molecule has 1 aliphatic heterocycles. The van der Waals surface area contributed by atoms with E-state index in [0.29, 0.717) is 6.61 Å². The second-order valence-corrected chi connectivity index (χ2v) is 4.53. The third-order valence-corrected chi connectivity index (χ3v) is 2.92. The number of carbonyl (C=O) groups is 1. The molecule has 0 spiro atoms. The molecule has 1 rings (SSSR count). The molecule has 0 aromatic heterocycles. The van der Waals surface area contributed by atoms with Gasteiger partial charge in [-0.3, -0.25) is 0 Å². The van der Waals surface area contributed by atoms with Crippen LogP contribution in [0, 0.1) is 0 Å². The van der Waals surface area contributed by atoms with Crippen molar-refractivity contribution < 1.29 is 9.53 Å². The standard InChI is InChI=1S/C15H24O2/c16-15-13-11-9-7-5-3-1-2-4-6-8-10-12-14-17-15/h1,3,11,13H,2,4-10,12,14H2. The molecule has 1 heterocycles. The highest BCUT2D eigenvalue weighted by Crippen LogP contribution is 2.07. The number of carbonyl (C=O) groups excluding carboxylic acids is 1. The number of cyclic esters (lactones) is 1. The van der Waals surface area contributed by atoms with E-state index in [1.807, 2.05) is 6.08 Å². The maximum Gasteiger partial charge on any atom is 0.330 e. The van der Waals surface area contributed by atoms with E-state index in [4.69, 9.17) is 4.74 Å². The summed E-state index contributed by atoms with van der Waals surface area (Å²) in [5.41, 5.74) is 0. The van der Waals surface area contributed by atoms with Gasteiger partial charge < -0.3 is 4.74 Å². The molecule has 0 aromatic rings. The van der Waals surface area contributed by atoms with Gasteiger partial charge in [0.2, 0.25) is 0 Å². The first kappa shape index (κ1) is 14.0. The zero-order valence-corrected chi connectivity index (χ0v) is 10.7. The van der Waals surface area contributed by atoms with Gasteiger partial charge in [0.05, 0.1) is 6.61 Å². The Kier molecular flexibility index (Phi) is 8.35. The van der Waals surface area contributed by atoms with Gasteiger partial charge in [-0.2, -0.15) is 0 Å². The van der Waals surface area contributed by atoms with Crippen molar-refractivity contribution in [2.75, 3.05) is 6.61 Å². The van der Waals surface area contributed by atoms with E-state index in [9.17, 15) is 4.79 Å². The molecular formula is C15H24O2. The van der Waals surface area contributed by atoms with Crippen LogP contribution in [-0.4, -0.2) is 12.6 Å². The molecule has 17 heavy (non-hydrogen) atoms. The highest BCUT2D eigenvalue weighted by molar-refractivity contribution is 5.81. The Morgan fingerprint density at radius 1 is 0.765 bits per heavy atom. The number of esters is 1. The van der Waals surface area contributed by atoms with Crippen LogP contribution in [0.25, 0.3) is 0 Å². The lowest BCUT2D eigenvalue weighted by Crippen LogP contribution is -2.02. The summed E-state index contributed by atoms with van der Waals surface area (Å²) in [4.78, 5) is 11.3. The first-order valence-electron chi connectivity index (χ1n) is 6.88. The Hall–Kier alpha value is -1.05. The van der Waals surface area contributed by atoms with E-state index >= 15 is 0 Å². The van der Waals surface area contributed by atoms with Gasteiger partial charge in [0.15, 0.2) is 0 Å². The quantitative estimate of drug-likeness (QED) is 0.466. The van der Waals surface area contributed by atoms with Crippen LogP contribution in [0.15, 0.2) is 24.3 Å². The summed E-state index contributed by atoms with van der Waals surface area (Å²) >= 11 is 0. The highest BCUT2D eigenvalue weighted by Gasteiger charge is 1.97. The van der Waals surface area contributed by atoms with Crippen LogP contribution in [0.3, 0.4) is 0 Å². The Bertz CT molecular complexity index is 254. The van der Waals surface area contributed by atoms with Crippen molar-refractivity contribution in [1.29, 1.82) is 0 Å².